The molecule has 0 spiro atoms. The minimum Gasteiger partial charge on any atom is -0.374 e. The lowest BCUT2D eigenvalue weighted by molar-refractivity contribution is -0.108. The van der Waals surface area contributed by atoms with Crippen molar-refractivity contribution in [3.8, 4) is 0 Å². The summed E-state index contributed by atoms with van der Waals surface area (Å²) in [5.74, 6) is -0.648. The molecule has 0 bridgehead atoms. The van der Waals surface area contributed by atoms with Gasteiger partial charge in [0.1, 0.15) is 0 Å². The molecule has 1 aromatic carbocycles. The smallest absolute Gasteiger partial charge is 0.374 e. The Morgan fingerprint density at radius 1 is 1.21 bits per heavy atom. The number of hydrogen-bond acceptors (Lipinski definition) is 4. The lowest BCUT2D eigenvalue weighted by Gasteiger charge is -2.12. The van der Waals surface area contributed by atoms with Gasteiger partial charge in [-0.15, -0.1) is 0 Å². The van der Waals surface area contributed by atoms with Gasteiger partial charge in [0, 0.05) is 11.8 Å². The van der Waals surface area contributed by atoms with E-state index in [0.29, 0.717) is 6.20 Å². The summed E-state index contributed by atoms with van der Waals surface area (Å²) in [6, 6.07) is 7.16. The van der Waals surface area contributed by atoms with Crippen LogP contribution in [0.3, 0.4) is 0 Å². The number of benzene rings is 1. The second kappa shape index (κ2) is 5.74. The summed E-state index contributed by atoms with van der Waals surface area (Å²) in [6.07, 6.45) is 0.873. The van der Waals surface area contributed by atoms with E-state index in [1.54, 1.807) is 6.07 Å². The van der Waals surface area contributed by atoms with Crippen molar-refractivity contribution in [3.63, 3.8) is 0 Å². The first-order valence-corrected chi connectivity index (χ1v) is 6.15. The maximum absolute atomic E-state index is 12.2. The van der Waals surface area contributed by atoms with Crippen LogP contribution in [-0.2, 0) is 19.1 Å². The van der Waals surface area contributed by atoms with Crippen LogP contribution in [-0.4, -0.2) is 20.3 Å². The third-order valence-electron chi connectivity index (χ3n) is 1.82. The third kappa shape index (κ3) is 3.98. The van der Waals surface area contributed by atoms with E-state index in [9.17, 15) is 26.4 Å². The fourth-order valence-corrected chi connectivity index (χ4v) is 1.51. The highest BCUT2D eigenvalue weighted by atomic mass is 32.2. The maximum Gasteiger partial charge on any atom is 0.534 e. The zero-order chi connectivity index (χ0) is 14.5. The molecule has 0 saturated carbocycles. The molecule has 0 saturated heterocycles. The van der Waals surface area contributed by atoms with Crippen LogP contribution in [0.2, 0.25) is 0 Å². The molecular weight excluding hydrogens is 287 g/mol. The maximum atomic E-state index is 12.2. The van der Waals surface area contributed by atoms with Gasteiger partial charge in [-0.3, -0.25) is 4.79 Å². The summed E-state index contributed by atoms with van der Waals surface area (Å²) < 4.78 is 62.4. The predicted octanol–water partition coefficient (Wildman–Crippen LogP) is 1.60. The first-order valence-electron chi connectivity index (χ1n) is 4.74. The normalized spacial score (nSPS) is 12.9. The van der Waals surface area contributed by atoms with Crippen LogP contribution in [0.25, 0.3) is 5.76 Å². The number of rotatable bonds is 5. The second-order valence-corrected chi connectivity index (χ2v) is 4.68. The predicted molar refractivity (Wildman–Crippen MR) is 59.7 cm³/mol. The molecule has 0 aromatic heterocycles. The summed E-state index contributed by atoms with van der Waals surface area (Å²) in [7, 11) is -5.80. The average Bonchev–Trinajstić information content (AvgIpc) is 2.34. The molecule has 9 heteroatoms. The molecule has 0 atom stereocenters. The second-order valence-electron chi connectivity index (χ2n) is 3.14. The van der Waals surface area contributed by atoms with Crippen molar-refractivity contribution in [1.29, 1.82) is 0 Å². The van der Waals surface area contributed by atoms with Gasteiger partial charge in [0.2, 0.25) is 6.41 Å². The van der Waals surface area contributed by atoms with Crippen molar-refractivity contribution in [1.82, 2.24) is 5.32 Å². The summed E-state index contributed by atoms with van der Waals surface area (Å²) in [5.41, 5.74) is -5.49. The number of carbonyl (C=O) groups excluding carboxylic acids is 1. The Morgan fingerprint density at radius 3 is 2.26 bits per heavy atom. The topological polar surface area (TPSA) is 72.5 Å². The van der Waals surface area contributed by atoms with E-state index in [-0.39, 0.29) is 12.0 Å². The Morgan fingerprint density at radius 2 is 1.79 bits per heavy atom. The number of carbonyl (C=O) groups is 1. The lowest BCUT2D eigenvalue weighted by atomic mass is 10.2. The molecular formula is C10H8F3NO4S. The standard InChI is InChI=1S/C10H8F3NO4S/c11-10(12,13)19(16,17)18-9(6-14-7-15)8-4-2-1-3-5-8/h1-7H,(H,14,15)/b9-6-. The van der Waals surface area contributed by atoms with Crippen molar-refractivity contribution in [2.24, 2.45) is 0 Å². The fourth-order valence-electron chi connectivity index (χ4n) is 1.03. The lowest BCUT2D eigenvalue weighted by Crippen LogP contribution is -2.25. The van der Waals surface area contributed by atoms with Crippen molar-refractivity contribution in [3.05, 3.63) is 42.1 Å². The molecule has 0 fully saturated rings. The number of nitrogens with one attached hydrogen (secondary N) is 1. The van der Waals surface area contributed by atoms with Gasteiger partial charge in [-0.2, -0.15) is 21.6 Å². The summed E-state index contributed by atoms with van der Waals surface area (Å²) in [6.45, 7) is 0. The first-order chi connectivity index (χ1) is 8.78. The van der Waals surface area contributed by atoms with Crippen molar-refractivity contribution in [2.45, 2.75) is 5.51 Å². The Balaban J connectivity index is 3.12. The van der Waals surface area contributed by atoms with Gasteiger partial charge in [-0.05, 0) is 0 Å². The number of halogens is 3. The zero-order valence-corrected chi connectivity index (χ0v) is 10.0. The van der Waals surface area contributed by atoms with E-state index in [0.717, 1.165) is 0 Å². The Bertz CT molecular complexity index is 566. The molecule has 0 aliphatic rings. The molecule has 1 rings (SSSR count). The van der Waals surface area contributed by atoms with Gasteiger partial charge in [0.15, 0.2) is 5.76 Å². The molecule has 1 aromatic rings. The molecule has 0 aliphatic carbocycles. The first kappa shape index (κ1) is 15.0. The monoisotopic (exact) mass is 295 g/mol. The van der Waals surface area contributed by atoms with Crippen LogP contribution >= 0.6 is 0 Å². The van der Waals surface area contributed by atoms with Crippen LogP contribution in [0, 0.1) is 0 Å². The van der Waals surface area contributed by atoms with E-state index < -0.39 is 21.4 Å². The number of amides is 1. The highest BCUT2D eigenvalue weighted by molar-refractivity contribution is 7.87. The van der Waals surface area contributed by atoms with E-state index in [1.807, 2.05) is 5.32 Å². The average molecular weight is 295 g/mol. The van der Waals surface area contributed by atoms with Crippen LogP contribution < -0.4 is 5.32 Å². The molecule has 0 aliphatic heterocycles. The van der Waals surface area contributed by atoms with E-state index in [1.165, 1.54) is 24.3 Å². The van der Waals surface area contributed by atoms with Crippen LogP contribution in [0.5, 0.6) is 0 Å². The summed E-state index contributed by atoms with van der Waals surface area (Å²) in [4.78, 5) is 10.1. The molecule has 1 amide bonds. The van der Waals surface area contributed by atoms with Gasteiger partial charge in [0.25, 0.3) is 0 Å². The molecule has 1 N–H and O–H groups in total. The highest BCUT2D eigenvalue weighted by Crippen LogP contribution is 2.29. The van der Waals surface area contributed by atoms with Crippen LogP contribution in [0.1, 0.15) is 5.56 Å². The van der Waals surface area contributed by atoms with Gasteiger partial charge in [-0.1, -0.05) is 30.3 Å². The van der Waals surface area contributed by atoms with Gasteiger partial charge in [-0.25, -0.2) is 0 Å². The minimum atomic E-state index is -5.80. The molecule has 0 unspecified atom stereocenters. The van der Waals surface area contributed by atoms with Gasteiger partial charge >= 0.3 is 15.6 Å². The third-order valence-corrected chi connectivity index (χ3v) is 2.79. The quantitative estimate of drug-likeness (QED) is 0.387. The fraction of sp³-hybridized carbons (Fsp3) is 0.100. The Kier molecular flexibility index (Phi) is 4.54. The number of alkyl halides is 3. The minimum absolute atomic E-state index is 0.0599. The van der Waals surface area contributed by atoms with Crippen molar-refractivity contribution in [2.75, 3.05) is 0 Å². The Labute approximate surface area is 106 Å². The van der Waals surface area contributed by atoms with Crippen molar-refractivity contribution >= 4 is 22.3 Å². The highest BCUT2D eigenvalue weighted by Gasteiger charge is 2.49. The summed E-state index contributed by atoms with van der Waals surface area (Å²) >= 11 is 0. The molecule has 104 valence electrons. The van der Waals surface area contributed by atoms with Crippen molar-refractivity contribution < 1.29 is 30.6 Å². The molecule has 19 heavy (non-hydrogen) atoms. The molecule has 5 nitrogen and oxygen atoms in total. The van der Waals surface area contributed by atoms with Gasteiger partial charge in [0.05, 0.1) is 0 Å². The van der Waals surface area contributed by atoms with Gasteiger partial charge < -0.3 is 9.50 Å². The van der Waals surface area contributed by atoms with E-state index in [4.69, 9.17) is 0 Å². The SMILES string of the molecule is O=CN/C=C(\OS(=O)(=O)C(F)(F)F)c1ccccc1. The zero-order valence-electron chi connectivity index (χ0n) is 9.22. The molecule has 0 radical (unpaired) electrons. The van der Waals surface area contributed by atoms with Crippen LogP contribution in [0.15, 0.2) is 36.5 Å². The Hall–Kier alpha value is -2.03. The number of hydrogen-bond donors (Lipinski definition) is 1. The summed E-state index contributed by atoms with van der Waals surface area (Å²) in [5, 5.41) is 1.92. The molecule has 0 heterocycles. The van der Waals surface area contributed by atoms with E-state index in [2.05, 4.69) is 4.18 Å². The van der Waals surface area contributed by atoms with E-state index >= 15 is 0 Å². The largest absolute Gasteiger partial charge is 0.534 e. The van der Waals surface area contributed by atoms with Crippen LogP contribution in [0.4, 0.5) is 13.2 Å².